The van der Waals surface area contributed by atoms with Crippen LogP contribution in [0, 0.1) is 0 Å². The Balaban J connectivity index is 2.32. The molecule has 0 aliphatic carbocycles. The normalized spacial score (nSPS) is 35.7. The molecule has 2 fully saturated rings. The van der Waals surface area contributed by atoms with Gasteiger partial charge in [0.15, 0.2) is 0 Å². The van der Waals surface area contributed by atoms with Crippen molar-refractivity contribution in [3.8, 4) is 0 Å². The first-order valence-corrected chi connectivity index (χ1v) is 16.4. The van der Waals surface area contributed by atoms with Gasteiger partial charge in [0.2, 0.25) is 0 Å². The zero-order valence-corrected chi connectivity index (χ0v) is 17.7. The van der Waals surface area contributed by atoms with Crippen molar-refractivity contribution in [2.75, 3.05) is 13.2 Å². The summed E-state index contributed by atoms with van der Waals surface area (Å²) >= 11 is 2.13. The Hall–Kier alpha value is 0.704. The SMILES string of the molecule is C[Si](C)(C)C1(SC2([Si](C)(C)C)CCCCO2)CCCCO1. The van der Waals surface area contributed by atoms with Gasteiger partial charge in [0, 0.05) is 13.2 Å². The Bertz CT molecular complexity index is 314. The Morgan fingerprint density at radius 2 is 1.05 bits per heavy atom. The Morgan fingerprint density at radius 3 is 1.29 bits per heavy atom. The topological polar surface area (TPSA) is 18.5 Å². The second-order valence-electron chi connectivity index (χ2n) is 8.72. The smallest absolute Gasteiger partial charge is 0.103 e. The van der Waals surface area contributed by atoms with Gasteiger partial charge in [-0.3, -0.25) is 0 Å². The lowest BCUT2D eigenvalue weighted by Crippen LogP contribution is -2.62. The number of hydrogen-bond acceptors (Lipinski definition) is 3. The highest BCUT2D eigenvalue weighted by Crippen LogP contribution is 2.54. The third-order valence-electron chi connectivity index (χ3n) is 5.09. The molecule has 2 atom stereocenters. The van der Waals surface area contributed by atoms with E-state index in [2.05, 4.69) is 51.0 Å². The van der Waals surface area contributed by atoms with Crippen LogP contribution in [-0.2, 0) is 9.47 Å². The van der Waals surface area contributed by atoms with Crippen molar-refractivity contribution in [2.45, 2.75) is 86.9 Å². The molecule has 21 heavy (non-hydrogen) atoms. The van der Waals surface area contributed by atoms with E-state index in [1.54, 1.807) is 0 Å². The molecule has 2 saturated heterocycles. The van der Waals surface area contributed by atoms with E-state index in [0.717, 1.165) is 13.2 Å². The van der Waals surface area contributed by atoms with Gasteiger partial charge in [-0.2, -0.15) is 0 Å². The van der Waals surface area contributed by atoms with Crippen molar-refractivity contribution in [2.24, 2.45) is 0 Å². The van der Waals surface area contributed by atoms with Gasteiger partial charge in [-0.15, -0.1) is 11.8 Å². The summed E-state index contributed by atoms with van der Waals surface area (Å²) in [6.07, 6.45) is 7.55. The highest BCUT2D eigenvalue weighted by Gasteiger charge is 2.56. The molecular formula is C16H34O2SSi2. The van der Waals surface area contributed by atoms with Gasteiger partial charge in [0.1, 0.15) is 9.11 Å². The van der Waals surface area contributed by atoms with E-state index in [-0.39, 0.29) is 9.11 Å². The van der Waals surface area contributed by atoms with Crippen LogP contribution in [0.15, 0.2) is 0 Å². The highest BCUT2D eigenvalue weighted by atomic mass is 32.2. The summed E-state index contributed by atoms with van der Waals surface area (Å²) < 4.78 is 13.2. The lowest BCUT2D eigenvalue weighted by atomic mass is 10.2. The molecule has 2 unspecified atom stereocenters. The molecule has 0 aromatic heterocycles. The number of thioether (sulfide) groups is 1. The Labute approximate surface area is 137 Å². The van der Waals surface area contributed by atoms with Crippen LogP contribution < -0.4 is 0 Å². The number of rotatable bonds is 4. The maximum absolute atomic E-state index is 6.52. The highest BCUT2D eigenvalue weighted by molar-refractivity contribution is 8.05. The molecule has 0 spiro atoms. The second-order valence-corrected chi connectivity index (χ2v) is 21.6. The van der Waals surface area contributed by atoms with Crippen LogP contribution in [0.3, 0.4) is 0 Å². The molecule has 0 N–H and O–H groups in total. The first-order valence-electron chi connectivity index (χ1n) is 8.60. The average molecular weight is 347 g/mol. The van der Waals surface area contributed by atoms with E-state index in [4.69, 9.17) is 9.47 Å². The van der Waals surface area contributed by atoms with Crippen LogP contribution in [-0.4, -0.2) is 38.5 Å². The standard InChI is InChI=1S/C16H34O2SSi2/c1-20(2,3)15(11-7-9-13-17-15)19-16(21(4,5)6)12-8-10-14-18-16/h7-14H2,1-6H3. The van der Waals surface area contributed by atoms with E-state index in [0.29, 0.717) is 0 Å². The monoisotopic (exact) mass is 346 g/mol. The molecule has 124 valence electrons. The minimum Gasteiger partial charge on any atom is -0.368 e. The van der Waals surface area contributed by atoms with E-state index >= 15 is 0 Å². The molecule has 2 aliphatic heterocycles. The second kappa shape index (κ2) is 6.31. The van der Waals surface area contributed by atoms with Crippen LogP contribution in [0.5, 0.6) is 0 Å². The van der Waals surface area contributed by atoms with Crippen molar-refractivity contribution < 1.29 is 9.47 Å². The lowest BCUT2D eigenvalue weighted by molar-refractivity contribution is 0.0141. The van der Waals surface area contributed by atoms with Crippen molar-refractivity contribution in [1.82, 2.24) is 0 Å². The minimum absolute atomic E-state index is 0.0584. The largest absolute Gasteiger partial charge is 0.368 e. The molecule has 2 aliphatic rings. The Kier molecular flexibility index (Phi) is 5.42. The number of hydrogen-bond donors (Lipinski definition) is 0. The molecular weight excluding hydrogens is 312 g/mol. The first-order chi connectivity index (χ1) is 9.62. The third kappa shape index (κ3) is 3.62. The summed E-state index contributed by atoms with van der Waals surface area (Å²) in [6, 6.07) is 0. The molecule has 2 rings (SSSR count). The van der Waals surface area contributed by atoms with Gasteiger partial charge in [0.25, 0.3) is 0 Å². The third-order valence-corrected chi connectivity index (χ3v) is 16.0. The van der Waals surface area contributed by atoms with Crippen molar-refractivity contribution >= 4 is 27.9 Å². The summed E-state index contributed by atoms with van der Waals surface area (Å²) in [5.74, 6) is 0. The van der Waals surface area contributed by atoms with Gasteiger partial charge < -0.3 is 9.47 Å². The zero-order chi connectivity index (χ0) is 15.8. The predicted octanol–water partition coefficient (Wildman–Crippen LogP) is 5.27. The summed E-state index contributed by atoms with van der Waals surface area (Å²) in [4.78, 5) is 0. The fourth-order valence-corrected chi connectivity index (χ4v) is 11.4. The van der Waals surface area contributed by atoms with Crippen LogP contribution in [0.25, 0.3) is 0 Å². The lowest BCUT2D eigenvalue weighted by Gasteiger charge is -2.54. The molecule has 0 aromatic carbocycles. The van der Waals surface area contributed by atoms with E-state index < -0.39 is 16.1 Å². The van der Waals surface area contributed by atoms with E-state index in [9.17, 15) is 0 Å². The zero-order valence-electron chi connectivity index (χ0n) is 14.9. The van der Waals surface area contributed by atoms with Gasteiger partial charge in [-0.25, -0.2) is 0 Å². The number of ether oxygens (including phenoxy) is 2. The van der Waals surface area contributed by atoms with Crippen LogP contribution in [0.4, 0.5) is 0 Å². The summed E-state index contributed by atoms with van der Waals surface area (Å²) in [5, 5.41) is 0. The maximum atomic E-state index is 6.52. The van der Waals surface area contributed by atoms with Gasteiger partial charge in [-0.1, -0.05) is 39.3 Å². The fourth-order valence-electron chi connectivity index (χ4n) is 3.45. The molecule has 0 aromatic rings. The van der Waals surface area contributed by atoms with Crippen molar-refractivity contribution in [1.29, 1.82) is 0 Å². The van der Waals surface area contributed by atoms with Crippen LogP contribution >= 0.6 is 11.8 Å². The molecule has 2 nitrogen and oxygen atoms in total. The van der Waals surface area contributed by atoms with E-state index in [1.807, 2.05) is 0 Å². The van der Waals surface area contributed by atoms with Crippen LogP contribution in [0.2, 0.25) is 39.3 Å². The molecule has 0 radical (unpaired) electrons. The summed E-state index contributed by atoms with van der Waals surface area (Å²) in [5.41, 5.74) is 0. The molecule has 5 heteroatoms. The van der Waals surface area contributed by atoms with Crippen molar-refractivity contribution in [3.05, 3.63) is 0 Å². The van der Waals surface area contributed by atoms with Crippen molar-refractivity contribution in [3.63, 3.8) is 0 Å². The average Bonchev–Trinajstić information content (AvgIpc) is 2.38. The molecule has 2 heterocycles. The minimum atomic E-state index is -1.43. The molecule has 0 amide bonds. The van der Waals surface area contributed by atoms with Gasteiger partial charge in [0.05, 0.1) is 16.1 Å². The summed E-state index contributed by atoms with van der Waals surface area (Å²) in [6.45, 7) is 16.8. The maximum Gasteiger partial charge on any atom is 0.103 e. The van der Waals surface area contributed by atoms with Gasteiger partial charge >= 0.3 is 0 Å². The molecule has 0 bridgehead atoms. The van der Waals surface area contributed by atoms with Crippen LogP contribution in [0.1, 0.15) is 38.5 Å². The van der Waals surface area contributed by atoms with Gasteiger partial charge in [-0.05, 0) is 38.5 Å². The first kappa shape index (κ1) is 18.0. The predicted molar refractivity (Wildman–Crippen MR) is 99.4 cm³/mol. The summed E-state index contributed by atoms with van der Waals surface area (Å²) in [7, 11) is -2.87. The van der Waals surface area contributed by atoms with E-state index in [1.165, 1.54) is 38.5 Å². The quantitative estimate of drug-likeness (QED) is 0.646. The Morgan fingerprint density at radius 1 is 0.667 bits per heavy atom. The fraction of sp³-hybridized carbons (Fsp3) is 1.00. The molecule has 0 saturated carbocycles.